The zero-order valence-corrected chi connectivity index (χ0v) is 11.4. The fraction of sp³-hybridized carbons (Fsp3) is 0.0714. The first-order chi connectivity index (χ1) is 10.2. The molecule has 1 aromatic carbocycles. The Morgan fingerprint density at radius 1 is 1.19 bits per heavy atom. The number of tetrazole rings is 1. The molecule has 0 aliphatic heterocycles. The quantitative estimate of drug-likeness (QED) is 0.555. The van der Waals surface area contributed by atoms with Crippen molar-refractivity contribution >= 4 is 5.84 Å². The van der Waals surface area contributed by atoms with Gasteiger partial charge in [-0.05, 0) is 23.8 Å². The predicted molar refractivity (Wildman–Crippen MR) is 78.1 cm³/mol. The molecule has 0 saturated carbocycles. The Labute approximate surface area is 121 Å². The second-order valence-electron chi connectivity index (χ2n) is 4.51. The molecule has 0 saturated heterocycles. The van der Waals surface area contributed by atoms with Gasteiger partial charge in [0.05, 0.1) is 5.56 Å². The molecule has 3 rings (SSSR count). The lowest BCUT2D eigenvalue weighted by atomic mass is 10.1. The third-order valence-corrected chi connectivity index (χ3v) is 3.04. The van der Waals surface area contributed by atoms with Gasteiger partial charge in [-0.15, -0.1) is 15.0 Å². The van der Waals surface area contributed by atoms with Crippen LogP contribution >= 0.6 is 0 Å². The zero-order valence-electron chi connectivity index (χ0n) is 11.4. The lowest BCUT2D eigenvalue weighted by molar-refractivity contribution is 0.698. The number of hydrogen-bond donors (Lipinski definition) is 2. The van der Waals surface area contributed by atoms with Crippen molar-refractivity contribution < 1.29 is 0 Å². The summed E-state index contributed by atoms with van der Waals surface area (Å²) in [4.78, 5) is 5.51. The number of amidine groups is 1. The molecule has 0 bridgehead atoms. The van der Waals surface area contributed by atoms with Crippen LogP contribution in [-0.2, 0) is 0 Å². The minimum Gasteiger partial charge on any atom is -0.384 e. The van der Waals surface area contributed by atoms with Gasteiger partial charge in [-0.3, -0.25) is 5.41 Å². The van der Waals surface area contributed by atoms with E-state index >= 15 is 0 Å². The topological polar surface area (TPSA) is 106 Å². The number of nitrogen functional groups attached to an aromatic ring is 1. The van der Waals surface area contributed by atoms with Crippen LogP contribution in [-0.4, -0.2) is 31.0 Å². The standard InChI is InChI=1S/C14H13N7/c1-9-7-8-17-14(11(9)12(15)16)21-19-13(18-20-21)10-5-3-2-4-6-10/h2-8H,1H3,(H3,15,16). The Bertz CT molecular complexity index is 792. The van der Waals surface area contributed by atoms with Crippen LogP contribution in [0, 0.1) is 12.3 Å². The highest BCUT2D eigenvalue weighted by Crippen LogP contribution is 2.16. The van der Waals surface area contributed by atoms with E-state index in [0.717, 1.165) is 11.1 Å². The molecular formula is C14H13N7. The fourth-order valence-electron chi connectivity index (χ4n) is 2.04. The smallest absolute Gasteiger partial charge is 0.205 e. The second-order valence-corrected chi connectivity index (χ2v) is 4.51. The molecular weight excluding hydrogens is 266 g/mol. The molecule has 0 fully saturated rings. The van der Waals surface area contributed by atoms with E-state index in [9.17, 15) is 0 Å². The van der Waals surface area contributed by atoms with Gasteiger partial charge in [-0.1, -0.05) is 30.3 Å². The van der Waals surface area contributed by atoms with Crippen LogP contribution in [0.2, 0.25) is 0 Å². The molecule has 7 nitrogen and oxygen atoms in total. The fourth-order valence-corrected chi connectivity index (χ4v) is 2.04. The molecule has 0 spiro atoms. The summed E-state index contributed by atoms with van der Waals surface area (Å²) in [5, 5.41) is 20.0. The van der Waals surface area contributed by atoms with Crippen molar-refractivity contribution in [3.05, 3.63) is 53.7 Å². The van der Waals surface area contributed by atoms with Crippen LogP contribution in [0.15, 0.2) is 42.6 Å². The normalized spacial score (nSPS) is 10.5. The lowest BCUT2D eigenvalue weighted by Crippen LogP contribution is -2.18. The van der Waals surface area contributed by atoms with Crippen molar-refractivity contribution in [3.8, 4) is 17.2 Å². The van der Waals surface area contributed by atoms with Gasteiger partial charge < -0.3 is 5.73 Å². The molecule has 0 amide bonds. The van der Waals surface area contributed by atoms with Crippen LogP contribution in [0.1, 0.15) is 11.1 Å². The monoisotopic (exact) mass is 279 g/mol. The summed E-state index contributed by atoms with van der Waals surface area (Å²) < 4.78 is 0. The first-order valence-electron chi connectivity index (χ1n) is 6.32. The number of aryl methyl sites for hydroxylation is 1. The highest BCUT2D eigenvalue weighted by Gasteiger charge is 2.15. The van der Waals surface area contributed by atoms with Crippen LogP contribution in [0.5, 0.6) is 0 Å². The summed E-state index contributed by atoms with van der Waals surface area (Å²) in [6, 6.07) is 11.3. The van der Waals surface area contributed by atoms with Crippen molar-refractivity contribution in [2.24, 2.45) is 5.73 Å². The maximum Gasteiger partial charge on any atom is 0.205 e. The van der Waals surface area contributed by atoms with E-state index in [1.165, 1.54) is 4.80 Å². The minimum atomic E-state index is -0.0749. The summed E-state index contributed by atoms with van der Waals surface area (Å²) in [6.07, 6.45) is 1.63. The van der Waals surface area contributed by atoms with Crippen LogP contribution in [0.4, 0.5) is 0 Å². The van der Waals surface area contributed by atoms with Crippen molar-refractivity contribution in [2.75, 3.05) is 0 Å². The van der Waals surface area contributed by atoms with Gasteiger partial charge in [-0.2, -0.15) is 0 Å². The molecule has 0 atom stereocenters. The summed E-state index contributed by atoms with van der Waals surface area (Å²) in [5.41, 5.74) is 7.83. The van der Waals surface area contributed by atoms with Gasteiger partial charge in [0.1, 0.15) is 5.84 Å². The largest absolute Gasteiger partial charge is 0.384 e. The summed E-state index contributed by atoms with van der Waals surface area (Å²) in [6.45, 7) is 1.86. The molecule has 3 aromatic rings. The van der Waals surface area contributed by atoms with Crippen molar-refractivity contribution in [3.63, 3.8) is 0 Å². The number of nitrogens with one attached hydrogen (secondary N) is 1. The zero-order chi connectivity index (χ0) is 14.8. The molecule has 21 heavy (non-hydrogen) atoms. The molecule has 104 valence electrons. The van der Waals surface area contributed by atoms with E-state index in [1.807, 2.05) is 37.3 Å². The number of benzene rings is 1. The average Bonchev–Trinajstić information content (AvgIpc) is 2.97. The Kier molecular flexibility index (Phi) is 3.15. The third-order valence-electron chi connectivity index (χ3n) is 3.04. The average molecular weight is 279 g/mol. The Morgan fingerprint density at radius 3 is 2.67 bits per heavy atom. The number of nitrogens with two attached hydrogens (primary N) is 1. The molecule has 0 unspecified atom stereocenters. The number of pyridine rings is 1. The maximum absolute atomic E-state index is 7.69. The van der Waals surface area contributed by atoms with Gasteiger partial charge in [0.2, 0.25) is 5.82 Å². The van der Waals surface area contributed by atoms with Crippen LogP contribution in [0.3, 0.4) is 0 Å². The first-order valence-corrected chi connectivity index (χ1v) is 6.32. The minimum absolute atomic E-state index is 0.0749. The van der Waals surface area contributed by atoms with E-state index in [4.69, 9.17) is 11.1 Å². The highest BCUT2D eigenvalue weighted by molar-refractivity contribution is 5.99. The first kappa shape index (κ1) is 12.9. The number of aromatic nitrogens is 5. The Balaban J connectivity index is 2.09. The molecule has 0 aliphatic carbocycles. The van der Waals surface area contributed by atoms with Crippen LogP contribution in [0.25, 0.3) is 17.2 Å². The summed E-state index contributed by atoms with van der Waals surface area (Å²) >= 11 is 0. The second kappa shape index (κ2) is 5.12. The van der Waals surface area contributed by atoms with Crippen LogP contribution < -0.4 is 5.73 Å². The van der Waals surface area contributed by atoms with E-state index in [1.54, 1.807) is 12.3 Å². The van der Waals surface area contributed by atoms with E-state index in [-0.39, 0.29) is 5.84 Å². The molecule has 0 radical (unpaired) electrons. The van der Waals surface area contributed by atoms with E-state index in [2.05, 4.69) is 20.4 Å². The summed E-state index contributed by atoms with van der Waals surface area (Å²) in [5.74, 6) is 0.819. The van der Waals surface area contributed by atoms with Gasteiger partial charge >= 0.3 is 0 Å². The Hall–Kier alpha value is -3.09. The van der Waals surface area contributed by atoms with Gasteiger partial charge in [0.25, 0.3) is 0 Å². The van der Waals surface area contributed by atoms with E-state index < -0.39 is 0 Å². The number of hydrogen-bond acceptors (Lipinski definition) is 5. The predicted octanol–water partition coefficient (Wildman–Crippen LogP) is 1.32. The van der Waals surface area contributed by atoms with Crippen molar-refractivity contribution in [2.45, 2.75) is 6.92 Å². The molecule has 2 heterocycles. The van der Waals surface area contributed by atoms with Crippen molar-refractivity contribution in [1.29, 1.82) is 5.41 Å². The van der Waals surface area contributed by atoms with Gasteiger partial charge in [0, 0.05) is 11.8 Å². The third kappa shape index (κ3) is 2.36. The molecule has 3 N–H and O–H groups in total. The lowest BCUT2D eigenvalue weighted by Gasteiger charge is -2.07. The summed E-state index contributed by atoms with van der Waals surface area (Å²) in [7, 11) is 0. The Morgan fingerprint density at radius 2 is 1.95 bits per heavy atom. The van der Waals surface area contributed by atoms with E-state index in [0.29, 0.717) is 17.2 Å². The maximum atomic E-state index is 7.69. The molecule has 0 aliphatic rings. The van der Waals surface area contributed by atoms with Crippen molar-refractivity contribution in [1.82, 2.24) is 25.2 Å². The molecule has 2 aromatic heterocycles. The van der Waals surface area contributed by atoms with Gasteiger partial charge in [-0.25, -0.2) is 4.98 Å². The number of rotatable bonds is 3. The SMILES string of the molecule is Cc1ccnc(-n2nnc(-c3ccccc3)n2)c1C(=N)N. The molecule has 7 heteroatoms. The van der Waals surface area contributed by atoms with Gasteiger partial charge in [0.15, 0.2) is 5.82 Å². The highest BCUT2D eigenvalue weighted by atomic mass is 15.6. The number of nitrogens with zero attached hydrogens (tertiary/aromatic N) is 5.